The first-order chi connectivity index (χ1) is 7.14. The van der Waals surface area contributed by atoms with Crippen LogP contribution in [0.5, 0.6) is 0 Å². The molecule has 0 aliphatic heterocycles. The zero-order valence-corrected chi connectivity index (χ0v) is 10.6. The Kier molecular flexibility index (Phi) is 4.97. The van der Waals surface area contributed by atoms with Crippen LogP contribution in [0.3, 0.4) is 0 Å². The maximum Gasteiger partial charge on any atom is 0.309 e. The molecule has 88 valence electrons. The number of hydrogen-bond donors (Lipinski definition) is 1. The van der Waals surface area contributed by atoms with E-state index >= 15 is 0 Å². The molecule has 0 saturated heterocycles. The monoisotopic (exact) mass is 230 g/mol. The van der Waals surface area contributed by atoms with Gasteiger partial charge in [0.25, 0.3) is 0 Å². The molecule has 1 aliphatic rings. The number of aliphatic carboxylic acids is 1. The Bertz CT molecular complexity index is 218. The molecule has 2 atom stereocenters. The molecule has 2 unspecified atom stereocenters. The first kappa shape index (κ1) is 12.9. The van der Waals surface area contributed by atoms with E-state index in [1.54, 1.807) is 0 Å². The Balaban J connectivity index is 2.53. The van der Waals surface area contributed by atoms with Crippen LogP contribution in [0.2, 0.25) is 0 Å². The summed E-state index contributed by atoms with van der Waals surface area (Å²) in [5, 5.41) is 9.37. The summed E-state index contributed by atoms with van der Waals surface area (Å²) < 4.78 is 0. The van der Waals surface area contributed by atoms with Gasteiger partial charge in [0.05, 0.1) is 5.41 Å². The van der Waals surface area contributed by atoms with Crippen molar-refractivity contribution in [3.05, 3.63) is 0 Å². The van der Waals surface area contributed by atoms with Crippen molar-refractivity contribution < 1.29 is 9.90 Å². The van der Waals surface area contributed by atoms with Crippen LogP contribution in [-0.4, -0.2) is 22.6 Å². The summed E-state index contributed by atoms with van der Waals surface area (Å²) in [6, 6.07) is 0. The predicted octanol–water partition coefficient (Wildman–Crippen LogP) is 3.41. The van der Waals surface area contributed by atoms with E-state index in [4.69, 9.17) is 0 Å². The van der Waals surface area contributed by atoms with Gasteiger partial charge < -0.3 is 5.11 Å². The zero-order valence-electron chi connectivity index (χ0n) is 9.79. The topological polar surface area (TPSA) is 37.3 Å². The SMILES string of the molecule is CCSCCC1(C(=O)O)CCC(CC)C1. The maximum atomic E-state index is 11.4. The van der Waals surface area contributed by atoms with Gasteiger partial charge in [-0.15, -0.1) is 0 Å². The average Bonchev–Trinajstić information content (AvgIpc) is 2.63. The van der Waals surface area contributed by atoms with Crippen molar-refractivity contribution in [2.45, 2.75) is 46.0 Å². The summed E-state index contributed by atoms with van der Waals surface area (Å²) >= 11 is 1.86. The van der Waals surface area contributed by atoms with Crippen molar-refractivity contribution in [3.63, 3.8) is 0 Å². The summed E-state index contributed by atoms with van der Waals surface area (Å²) in [6.07, 6.45) is 4.90. The quantitative estimate of drug-likeness (QED) is 0.710. The molecule has 0 aromatic heterocycles. The number of carboxylic acid groups (broad SMARTS) is 1. The summed E-state index contributed by atoms with van der Waals surface area (Å²) in [6.45, 7) is 4.30. The fourth-order valence-electron chi connectivity index (χ4n) is 2.53. The minimum absolute atomic E-state index is 0.386. The minimum atomic E-state index is -0.560. The van der Waals surface area contributed by atoms with Crippen LogP contribution < -0.4 is 0 Å². The van der Waals surface area contributed by atoms with Crippen LogP contribution in [0, 0.1) is 11.3 Å². The van der Waals surface area contributed by atoms with Crippen LogP contribution in [0.25, 0.3) is 0 Å². The fraction of sp³-hybridized carbons (Fsp3) is 0.917. The van der Waals surface area contributed by atoms with Gasteiger partial charge in [-0.2, -0.15) is 11.8 Å². The first-order valence-electron chi connectivity index (χ1n) is 5.95. The molecule has 0 radical (unpaired) electrons. The summed E-state index contributed by atoms with van der Waals surface area (Å²) in [7, 11) is 0. The van der Waals surface area contributed by atoms with E-state index in [1.165, 1.54) is 0 Å². The largest absolute Gasteiger partial charge is 0.481 e. The van der Waals surface area contributed by atoms with Crippen LogP contribution >= 0.6 is 11.8 Å². The van der Waals surface area contributed by atoms with Crippen LogP contribution in [0.15, 0.2) is 0 Å². The molecule has 1 aliphatic carbocycles. The van der Waals surface area contributed by atoms with Crippen LogP contribution in [0.1, 0.15) is 46.0 Å². The zero-order chi connectivity index (χ0) is 11.3. The molecular formula is C12H22O2S. The standard InChI is InChI=1S/C12H22O2S/c1-3-10-5-6-12(9-10,11(13)14)7-8-15-4-2/h10H,3-9H2,1-2H3,(H,13,14). The highest BCUT2D eigenvalue weighted by atomic mass is 32.2. The second-order valence-electron chi connectivity index (χ2n) is 4.55. The fourth-order valence-corrected chi connectivity index (χ4v) is 3.35. The molecule has 3 heteroatoms. The molecule has 2 nitrogen and oxygen atoms in total. The molecule has 1 rings (SSSR count). The summed E-state index contributed by atoms with van der Waals surface area (Å²) in [5.74, 6) is 2.18. The van der Waals surface area contributed by atoms with E-state index in [9.17, 15) is 9.90 Å². The van der Waals surface area contributed by atoms with Gasteiger partial charge in [0.1, 0.15) is 0 Å². The number of thioether (sulfide) groups is 1. The maximum absolute atomic E-state index is 11.4. The molecule has 0 amide bonds. The van der Waals surface area contributed by atoms with E-state index in [0.717, 1.165) is 43.6 Å². The lowest BCUT2D eigenvalue weighted by Gasteiger charge is -2.24. The molecule has 0 aromatic rings. The molecule has 0 aromatic carbocycles. The Labute approximate surface area is 96.8 Å². The van der Waals surface area contributed by atoms with Crippen molar-refractivity contribution in [1.82, 2.24) is 0 Å². The van der Waals surface area contributed by atoms with Gasteiger partial charge >= 0.3 is 5.97 Å². The molecule has 1 fully saturated rings. The lowest BCUT2D eigenvalue weighted by atomic mass is 9.82. The van der Waals surface area contributed by atoms with Gasteiger partial charge in [-0.1, -0.05) is 20.3 Å². The van der Waals surface area contributed by atoms with E-state index in [2.05, 4.69) is 13.8 Å². The Morgan fingerprint density at radius 3 is 2.73 bits per heavy atom. The van der Waals surface area contributed by atoms with Crippen LogP contribution in [0.4, 0.5) is 0 Å². The third-order valence-electron chi connectivity index (χ3n) is 3.67. The van der Waals surface area contributed by atoms with Crippen molar-refractivity contribution in [2.75, 3.05) is 11.5 Å². The highest BCUT2D eigenvalue weighted by Gasteiger charge is 2.44. The second kappa shape index (κ2) is 5.78. The number of rotatable bonds is 6. The van der Waals surface area contributed by atoms with Gasteiger partial charge in [0.2, 0.25) is 0 Å². The van der Waals surface area contributed by atoms with E-state index in [1.807, 2.05) is 11.8 Å². The highest BCUT2D eigenvalue weighted by molar-refractivity contribution is 7.99. The lowest BCUT2D eigenvalue weighted by Crippen LogP contribution is -2.29. The molecule has 15 heavy (non-hydrogen) atoms. The summed E-state index contributed by atoms with van der Waals surface area (Å²) in [4.78, 5) is 11.4. The Hall–Kier alpha value is -0.180. The normalized spacial score (nSPS) is 30.7. The van der Waals surface area contributed by atoms with Crippen molar-refractivity contribution in [3.8, 4) is 0 Å². The van der Waals surface area contributed by atoms with Gasteiger partial charge in [-0.3, -0.25) is 4.79 Å². The van der Waals surface area contributed by atoms with Gasteiger partial charge in [0.15, 0.2) is 0 Å². The Morgan fingerprint density at radius 2 is 2.27 bits per heavy atom. The molecule has 0 heterocycles. The van der Waals surface area contributed by atoms with E-state index < -0.39 is 5.97 Å². The minimum Gasteiger partial charge on any atom is -0.481 e. The van der Waals surface area contributed by atoms with E-state index in [0.29, 0.717) is 5.92 Å². The second-order valence-corrected chi connectivity index (χ2v) is 5.94. The molecule has 0 spiro atoms. The third-order valence-corrected chi connectivity index (χ3v) is 4.57. The molecule has 0 bridgehead atoms. The number of carbonyl (C=O) groups is 1. The van der Waals surface area contributed by atoms with E-state index in [-0.39, 0.29) is 5.41 Å². The first-order valence-corrected chi connectivity index (χ1v) is 7.11. The highest BCUT2D eigenvalue weighted by Crippen LogP contribution is 2.46. The predicted molar refractivity (Wildman–Crippen MR) is 65.3 cm³/mol. The number of carboxylic acids is 1. The lowest BCUT2D eigenvalue weighted by molar-refractivity contribution is -0.149. The molecular weight excluding hydrogens is 208 g/mol. The molecule has 1 N–H and O–H groups in total. The van der Waals surface area contributed by atoms with Crippen molar-refractivity contribution >= 4 is 17.7 Å². The summed E-state index contributed by atoms with van der Waals surface area (Å²) in [5.41, 5.74) is -0.386. The average molecular weight is 230 g/mol. The molecule has 1 saturated carbocycles. The van der Waals surface area contributed by atoms with Crippen LogP contribution in [-0.2, 0) is 4.79 Å². The smallest absolute Gasteiger partial charge is 0.309 e. The third kappa shape index (κ3) is 3.13. The van der Waals surface area contributed by atoms with Gasteiger partial charge in [-0.05, 0) is 43.1 Å². The van der Waals surface area contributed by atoms with Crippen molar-refractivity contribution in [2.24, 2.45) is 11.3 Å². The number of hydrogen-bond acceptors (Lipinski definition) is 2. The Morgan fingerprint density at radius 1 is 1.53 bits per heavy atom. The van der Waals surface area contributed by atoms with Gasteiger partial charge in [-0.25, -0.2) is 0 Å². The van der Waals surface area contributed by atoms with Crippen molar-refractivity contribution in [1.29, 1.82) is 0 Å². The van der Waals surface area contributed by atoms with Gasteiger partial charge in [0, 0.05) is 0 Å².